The van der Waals surface area contributed by atoms with E-state index in [2.05, 4.69) is 0 Å². The summed E-state index contributed by atoms with van der Waals surface area (Å²) >= 11 is 0. The quantitative estimate of drug-likeness (QED) is 0.611. The van der Waals surface area contributed by atoms with E-state index in [4.69, 9.17) is 4.74 Å². The first-order chi connectivity index (χ1) is 6.87. The van der Waals surface area contributed by atoms with Crippen LogP contribution < -0.4 is 0 Å². The van der Waals surface area contributed by atoms with Crippen molar-refractivity contribution in [3.8, 4) is 0 Å². The maximum atomic E-state index is 11.7. The number of nitrogens with zero attached hydrogens (tertiary/aromatic N) is 1. The van der Waals surface area contributed by atoms with Crippen LogP contribution >= 0.6 is 0 Å². The monoisotopic (exact) mass is 211 g/mol. The molecule has 0 spiro atoms. The molecule has 1 aliphatic carbocycles. The average Bonchev–Trinajstić information content (AvgIpc) is 2.58. The Morgan fingerprint density at radius 1 is 1.47 bits per heavy atom. The zero-order valence-electron chi connectivity index (χ0n) is 9.45. The molecule has 1 saturated carbocycles. The molecule has 1 saturated heterocycles. The number of carbonyl (C=O) groups is 2. The number of rotatable bonds is 0. The Balaban J connectivity index is 1.97. The fourth-order valence-corrected chi connectivity index (χ4v) is 2.29. The normalized spacial score (nSPS) is 29.8. The number of ether oxygens (including phenoxy) is 1. The second-order valence-corrected chi connectivity index (χ2v) is 5.39. The fourth-order valence-electron chi connectivity index (χ4n) is 2.29. The highest BCUT2D eigenvalue weighted by molar-refractivity contribution is 5.87. The SMILES string of the molecule is CC(C)(C)OC(=O)N1C[C@@H]2C[C@H]1CC2=O. The van der Waals surface area contributed by atoms with Gasteiger partial charge >= 0.3 is 6.09 Å². The summed E-state index contributed by atoms with van der Waals surface area (Å²) in [5.41, 5.74) is -0.455. The molecular weight excluding hydrogens is 194 g/mol. The van der Waals surface area contributed by atoms with E-state index in [1.807, 2.05) is 20.8 Å². The van der Waals surface area contributed by atoms with Gasteiger partial charge in [0, 0.05) is 24.9 Å². The lowest BCUT2D eigenvalue weighted by atomic mass is 10.1. The topological polar surface area (TPSA) is 46.6 Å². The minimum atomic E-state index is -0.455. The summed E-state index contributed by atoms with van der Waals surface area (Å²) in [5, 5.41) is 0. The molecular formula is C11H17NO3. The van der Waals surface area contributed by atoms with Gasteiger partial charge in [-0.3, -0.25) is 4.79 Å². The minimum absolute atomic E-state index is 0.0718. The molecule has 0 aromatic carbocycles. The molecule has 1 heterocycles. The third kappa shape index (κ3) is 1.98. The summed E-state index contributed by atoms with van der Waals surface area (Å²) in [5.74, 6) is 0.377. The van der Waals surface area contributed by atoms with Gasteiger partial charge in [-0.25, -0.2) is 4.79 Å². The van der Waals surface area contributed by atoms with Crippen molar-refractivity contribution in [2.24, 2.45) is 5.92 Å². The number of Topliss-reactive ketones (excluding diaryl/α,β-unsaturated/α-hetero) is 1. The predicted octanol–water partition coefficient (Wildman–Crippen LogP) is 1.58. The Morgan fingerprint density at radius 2 is 2.13 bits per heavy atom. The standard InChI is InChI=1S/C11H17NO3/c1-11(2,3)15-10(14)12-6-7-4-8(12)5-9(7)13/h7-8H,4-6H2,1-3H3/t7-,8-/m0/s1. The highest BCUT2D eigenvalue weighted by Gasteiger charge is 2.46. The molecule has 1 aliphatic heterocycles. The molecule has 2 bridgehead atoms. The van der Waals surface area contributed by atoms with E-state index in [1.165, 1.54) is 0 Å². The van der Waals surface area contributed by atoms with Crippen LogP contribution in [0.4, 0.5) is 4.79 Å². The number of hydrogen-bond donors (Lipinski definition) is 0. The van der Waals surface area contributed by atoms with Gasteiger partial charge < -0.3 is 9.64 Å². The van der Waals surface area contributed by atoms with Crippen LogP contribution in [0.1, 0.15) is 33.6 Å². The predicted molar refractivity (Wildman–Crippen MR) is 54.5 cm³/mol. The molecule has 2 atom stereocenters. The number of carbonyl (C=O) groups excluding carboxylic acids is 2. The lowest BCUT2D eigenvalue weighted by Gasteiger charge is -2.29. The van der Waals surface area contributed by atoms with Crippen molar-refractivity contribution >= 4 is 11.9 Å². The van der Waals surface area contributed by atoms with Crippen LogP contribution in [0.25, 0.3) is 0 Å². The minimum Gasteiger partial charge on any atom is -0.444 e. The molecule has 2 aliphatic rings. The van der Waals surface area contributed by atoms with Crippen molar-refractivity contribution in [2.75, 3.05) is 6.54 Å². The molecule has 4 nitrogen and oxygen atoms in total. The maximum Gasteiger partial charge on any atom is 0.410 e. The zero-order chi connectivity index (χ0) is 11.2. The molecule has 0 aromatic rings. The Bertz CT molecular complexity index is 305. The summed E-state index contributed by atoms with van der Waals surface area (Å²) in [4.78, 5) is 24.8. The summed E-state index contributed by atoms with van der Waals surface area (Å²) in [7, 11) is 0. The Hall–Kier alpha value is -1.06. The average molecular weight is 211 g/mol. The van der Waals surface area contributed by atoms with Crippen molar-refractivity contribution in [3.63, 3.8) is 0 Å². The van der Waals surface area contributed by atoms with E-state index in [9.17, 15) is 9.59 Å². The van der Waals surface area contributed by atoms with Gasteiger partial charge in [-0.05, 0) is 27.2 Å². The van der Waals surface area contributed by atoms with Crippen molar-refractivity contribution in [2.45, 2.75) is 45.3 Å². The third-order valence-electron chi connectivity index (χ3n) is 2.93. The van der Waals surface area contributed by atoms with Gasteiger partial charge in [0.15, 0.2) is 0 Å². The molecule has 0 unspecified atom stereocenters. The number of amides is 1. The maximum absolute atomic E-state index is 11.7. The van der Waals surface area contributed by atoms with Crippen LogP contribution in [0.5, 0.6) is 0 Å². The van der Waals surface area contributed by atoms with Gasteiger partial charge in [0.2, 0.25) is 0 Å². The van der Waals surface area contributed by atoms with E-state index >= 15 is 0 Å². The van der Waals surface area contributed by atoms with E-state index in [0.29, 0.717) is 18.7 Å². The largest absolute Gasteiger partial charge is 0.444 e. The van der Waals surface area contributed by atoms with Crippen LogP contribution in [0.2, 0.25) is 0 Å². The summed E-state index contributed by atoms with van der Waals surface area (Å²) in [6.45, 7) is 6.11. The summed E-state index contributed by atoms with van der Waals surface area (Å²) < 4.78 is 5.29. The van der Waals surface area contributed by atoms with Crippen LogP contribution in [-0.4, -0.2) is 35.0 Å². The molecule has 0 N–H and O–H groups in total. The van der Waals surface area contributed by atoms with Gasteiger partial charge in [-0.1, -0.05) is 0 Å². The van der Waals surface area contributed by atoms with Crippen LogP contribution in [-0.2, 0) is 9.53 Å². The molecule has 1 amide bonds. The summed E-state index contributed by atoms with van der Waals surface area (Å²) in [6, 6.07) is 0.0948. The Labute approximate surface area is 89.6 Å². The second-order valence-electron chi connectivity index (χ2n) is 5.39. The smallest absolute Gasteiger partial charge is 0.410 e. The van der Waals surface area contributed by atoms with Crippen molar-refractivity contribution in [1.29, 1.82) is 0 Å². The molecule has 2 rings (SSSR count). The lowest BCUT2D eigenvalue weighted by molar-refractivity contribution is -0.122. The third-order valence-corrected chi connectivity index (χ3v) is 2.93. The molecule has 4 heteroatoms. The highest BCUT2D eigenvalue weighted by atomic mass is 16.6. The van der Waals surface area contributed by atoms with Crippen molar-refractivity contribution in [1.82, 2.24) is 4.90 Å². The van der Waals surface area contributed by atoms with E-state index in [-0.39, 0.29) is 18.1 Å². The number of piperidine rings is 1. The van der Waals surface area contributed by atoms with Gasteiger partial charge in [-0.15, -0.1) is 0 Å². The summed E-state index contributed by atoms with van der Waals surface area (Å²) in [6.07, 6.45) is 1.07. The van der Waals surface area contributed by atoms with E-state index in [1.54, 1.807) is 4.90 Å². The van der Waals surface area contributed by atoms with Gasteiger partial charge in [0.25, 0.3) is 0 Å². The first-order valence-electron chi connectivity index (χ1n) is 5.39. The van der Waals surface area contributed by atoms with Crippen molar-refractivity contribution in [3.05, 3.63) is 0 Å². The van der Waals surface area contributed by atoms with Crippen LogP contribution in [0.3, 0.4) is 0 Å². The number of likely N-dealkylation sites (tertiary alicyclic amines) is 1. The second kappa shape index (κ2) is 3.22. The van der Waals surface area contributed by atoms with E-state index in [0.717, 1.165) is 6.42 Å². The highest BCUT2D eigenvalue weighted by Crippen LogP contribution is 2.35. The van der Waals surface area contributed by atoms with Gasteiger partial charge in [0.05, 0.1) is 0 Å². The lowest BCUT2D eigenvalue weighted by Crippen LogP contribution is -2.43. The molecule has 0 aromatic heterocycles. The fraction of sp³-hybridized carbons (Fsp3) is 0.818. The van der Waals surface area contributed by atoms with Crippen LogP contribution in [0.15, 0.2) is 0 Å². The molecule has 84 valence electrons. The molecule has 15 heavy (non-hydrogen) atoms. The van der Waals surface area contributed by atoms with Crippen molar-refractivity contribution < 1.29 is 14.3 Å². The molecule has 0 radical (unpaired) electrons. The Kier molecular flexibility index (Phi) is 2.24. The number of hydrogen-bond acceptors (Lipinski definition) is 3. The van der Waals surface area contributed by atoms with E-state index < -0.39 is 5.60 Å². The Morgan fingerprint density at radius 3 is 2.53 bits per heavy atom. The first-order valence-corrected chi connectivity index (χ1v) is 5.39. The molecule has 2 fully saturated rings. The van der Waals surface area contributed by atoms with Gasteiger partial charge in [-0.2, -0.15) is 0 Å². The first kappa shape index (κ1) is 10.5. The number of ketones is 1. The van der Waals surface area contributed by atoms with Crippen LogP contribution in [0, 0.1) is 5.92 Å². The van der Waals surface area contributed by atoms with Gasteiger partial charge in [0.1, 0.15) is 11.4 Å². The number of fused-ring (bicyclic) bond motifs is 2. The zero-order valence-corrected chi connectivity index (χ0v) is 9.45.